The third-order valence-electron chi connectivity index (χ3n) is 4.45. The zero-order valence-electron chi connectivity index (χ0n) is 15.6. The molecule has 8 heteroatoms. The smallest absolute Gasteiger partial charge is 0.326 e. The van der Waals surface area contributed by atoms with E-state index in [9.17, 15) is 14.4 Å². The van der Waals surface area contributed by atoms with Crippen LogP contribution in [0.5, 0.6) is 5.75 Å². The number of esters is 1. The zero-order valence-corrected chi connectivity index (χ0v) is 15.6. The maximum absolute atomic E-state index is 12.3. The van der Waals surface area contributed by atoms with Crippen molar-refractivity contribution < 1.29 is 28.6 Å². The normalized spacial score (nSPS) is 22.5. The summed E-state index contributed by atoms with van der Waals surface area (Å²) in [7, 11) is 0. The molecule has 0 N–H and O–H groups in total. The summed E-state index contributed by atoms with van der Waals surface area (Å²) in [5.74, 6) is -0.582. The Kier molecular flexibility index (Phi) is 5.95. The lowest BCUT2D eigenvalue weighted by atomic mass is 10.2. The molecular weight excluding hydrogens is 352 g/mol. The summed E-state index contributed by atoms with van der Waals surface area (Å²) in [5, 5.41) is 0. The number of fused-ring (bicyclic) bond motifs is 1. The fourth-order valence-electron chi connectivity index (χ4n) is 3.28. The van der Waals surface area contributed by atoms with Gasteiger partial charge in [0.05, 0.1) is 30.9 Å². The number of hydrogen-bond donors (Lipinski definition) is 0. The average molecular weight is 376 g/mol. The quantitative estimate of drug-likeness (QED) is 0.729. The SMILES string of the molecule is C[C@H]1CN(C(=O)COC(=O)CN2C(=O)CCOc3ccccc32)C[C@H](C)O1. The minimum absolute atomic E-state index is 0.0559. The second-order valence-electron chi connectivity index (χ2n) is 6.76. The average Bonchev–Trinajstić information content (AvgIpc) is 2.78. The van der Waals surface area contributed by atoms with E-state index in [0.717, 1.165) is 0 Å². The zero-order chi connectivity index (χ0) is 19.4. The van der Waals surface area contributed by atoms with Gasteiger partial charge in [-0.3, -0.25) is 19.3 Å². The molecule has 1 fully saturated rings. The lowest BCUT2D eigenvalue weighted by Crippen LogP contribution is -2.49. The van der Waals surface area contributed by atoms with Gasteiger partial charge in [0.1, 0.15) is 12.3 Å². The Morgan fingerprint density at radius 1 is 1.19 bits per heavy atom. The van der Waals surface area contributed by atoms with E-state index in [4.69, 9.17) is 14.2 Å². The van der Waals surface area contributed by atoms with Gasteiger partial charge >= 0.3 is 5.97 Å². The van der Waals surface area contributed by atoms with E-state index in [1.807, 2.05) is 13.8 Å². The molecule has 1 aromatic carbocycles. The van der Waals surface area contributed by atoms with Crippen LogP contribution in [0.3, 0.4) is 0 Å². The minimum atomic E-state index is -0.636. The molecule has 2 aliphatic rings. The molecule has 0 aromatic heterocycles. The van der Waals surface area contributed by atoms with E-state index in [1.165, 1.54) is 4.90 Å². The number of nitrogens with zero attached hydrogens (tertiary/aromatic N) is 2. The molecular formula is C19H24N2O6. The van der Waals surface area contributed by atoms with E-state index in [-0.39, 0.29) is 50.2 Å². The van der Waals surface area contributed by atoms with Gasteiger partial charge in [-0.25, -0.2) is 0 Å². The maximum Gasteiger partial charge on any atom is 0.326 e. The first-order valence-electron chi connectivity index (χ1n) is 9.05. The monoisotopic (exact) mass is 376 g/mol. The third-order valence-corrected chi connectivity index (χ3v) is 4.45. The van der Waals surface area contributed by atoms with Gasteiger partial charge in [-0.1, -0.05) is 12.1 Å². The first kappa shape index (κ1) is 19.2. The van der Waals surface area contributed by atoms with Crippen LogP contribution in [-0.4, -0.2) is 67.7 Å². The van der Waals surface area contributed by atoms with Crippen molar-refractivity contribution in [2.45, 2.75) is 32.5 Å². The van der Waals surface area contributed by atoms with Gasteiger partial charge in [0.15, 0.2) is 6.61 Å². The molecule has 2 heterocycles. The topological polar surface area (TPSA) is 85.4 Å². The molecule has 1 aromatic rings. The van der Waals surface area contributed by atoms with Gasteiger partial charge in [0, 0.05) is 13.1 Å². The number of amides is 2. The van der Waals surface area contributed by atoms with Gasteiger partial charge in [-0.15, -0.1) is 0 Å². The second-order valence-corrected chi connectivity index (χ2v) is 6.76. The first-order chi connectivity index (χ1) is 12.9. The minimum Gasteiger partial charge on any atom is -0.491 e. The number of ether oxygens (including phenoxy) is 3. The molecule has 2 aliphatic heterocycles. The number of para-hydroxylation sites is 2. The van der Waals surface area contributed by atoms with Crippen molar-refractivity contribution >= 4 is 23.5 Å². The van der Waals surface area contributed by atoms with Gasteiger partial charge in [-0.05, 0) is 26.0 Å². The highest BCUT2D eigenvalue weighted by atomic mass is 16.5. The number of anilines is 1. The number of carbonyl (C=O) groups is 3. The lowest BCUT2D eigenvalue weighted by molar-refractivity contribution is -0.156. The van der Waals surface area contributed by atoms with Crippen LogP contribution in [0.25, 0.3) is 0 Å². The molecule has 0 aliphatic carbocycles. The Balaban J connectivity index is 1.57. The Morgan fingerprint density at radius 3 is 2.63 bits per heavy atom. The fraction of sp³-hybridized carbons (Fsp3) is 0.526. The molecule has 146 valence electrons. The Hall–Kier alpha value is -2.61. The number of morpholine rings is 1. The van der Waals surface area contributed by atoms with Gasteiger partial charge in [0.25, 0.3) is 5.91 Å². The van der Waals surface area contributed by atoms with Crippen molar-refractivity contribution in [3.63, 3.8) is 0 Å². The summed E-state index contributed by atoms with van der Waals surface area (Å²) in [5.41, 5.74) is 0.527. The molecule has 2 amide bonds. The molecule has 0 saturated carbocycles. The molecule has 0 spiro atoms. The van der Waals surface area contributed by atoms with Crippen LogP contribution in [0.15, 0.2) is 24.3 Å². The van der Waals surface area contributed by atoms with Crippen LogP contribution in [-0.2, 0) is 23.9 Å². The van der Waals surface area contributed by atoms with E-state index < -0.39 is 5.97 Å². The van der Waals surface area contributed by atoms with Gasteiger partial charge < -0.3 is 19.1 Å². The Morgan fingerprint density at radius 2 is 1.89 bits per heavy atom. The van der Waals surface area contributed by atoms with Crippen LogP contribution in [0.4, 0.5) is 5.69 Å². The predicted octanol–water partition coefficient (Wildman–Crippen LogP) is 0.981. The summed E-state index contributed by atoms with van der Waals surface area (Å²) in [4.78, 5) is 39.8. The van der Waals surface area contributed by atoms with E-state index in [2.05, 4.69) is 0 Å². The van der Waals surface area contributed by atoms with Gasteiger partial charge in [0.2, 0.25) is 5.91 Å². The molecule has 0 radical (unpaired) electrons. The Labute approximate surface area is 158 Å². The lowest BCUT2D eigenvalue weighted by Gasteiger charge is -2.35. The van der Waals surface area contributed by atoms with Crippen LogP contribution in [0.1, 0.15) is 20.3 Å². The summed E-state index contributed by atoms with van der Waals surface area (Å²) in [6.07, 6.45) is 0.0593. The number of rotatable bonds is 4. The maximum atomic E-state index is 12.3. The van der Waals surface area contributed by atoms with Crippen LogP contribution < -0.4 is 9.64 Å². The fourth-order valence-corrected chi connectivity index (χ4v) is 3.28. The van der Waals surface area contributed by atoms with Crippen LogP contribution in [0.2, 0.25) is 0 Å². The molecule has 0 unspecified atom stereocenters. The van der Waals surface area contributed by atoms with Gasteiger partial charge in [-0.2, -0.15) is 0 Å². The number of carbonyl (C=O) groups excluding carboxylic acids is 3. The summed E-state index contributed by atoms with van der Waals surface area (Å²) < 4.78 is 16.3. The number of hydrogen-bond acceptors (Lipinski definition) is 6. The predicted molar refractivity (Wildman–Crippen MR) is 96.5 cm³/mol. The number of benzene rings is 1. The van der Waals surface area contributed by atoms with E-state index in [1.54, 1.807) is 29.2 Å². The standard InChI is InChI=1S/C19H24N2O6/c1-13-9-20(10-14(2)27-13)18(23)12-26-19(24)11-21-15-5-3-4-6-16(15)25-8-7-17(21)22/h3-6,13-14H,7-12H2,1-2H3/t13-,14-/m0/s1. The molecule has 3 rings (SSSR count). The first-order valence-corrected chi connectivity index (χ1v) is 9.05. The molecule has 0 bridgehead atoms. The van der Waals surface area contributed by atoms with E-state index in [0.29, 0.717) is 24.5 Å². The molecule has 8 nitrogen and oxygen atoms in total. The third kappa shape index (κ3) is 4.77. The van der Waals surface area contributed by atoms with Crippen LogP contribution in [0, 0.1) is 0 Å². The van der Waals surface area contributed by atoms with Crippen molar-refractivity contribution in [1.29, 1.82) is 0 Å². The summed E-state index contributed by atoms with van der Waals surface area (Å²) in [6.45, 7) is 4.37. The highest BCUT2D eigenvalue weighted by Crippen LogP contribution is 2.30. The van der Waals surface area contributed by atoms with Crippen molar-refractivity contribution in [1.82, 2.24) is 4.90 Å². The van der Waals surface area contributed by atoms with Crippen molar-refractivity contribution in [2.24, 2.45) is 0 Å². The Bertz CT molecular complexity index is 712. The molecule has 2 atom stereocenters. The van der Waals surface area contributed by atoms with Crippen LogP contribution >= 0.6 is 0 Å². The second kappa shape index (κ2) is 8.39. The molecule has 1 saturated heterocycles. The summed E-state index contributed by atoms with van der Waals surface area (Å²) >= 11 is 0. The van der Waals surface area contributed by atoms with Crippen molar-refractivity contribution in [3.8, 4) is 5.75 Å². The van der Waals surface area contributed by atoms with E-state index >= 15 is 0 Å². The largest absolute Gasteiger partial charge is 0.491 e. The highest BCUT2D eigenvalue weighted by molar-refractivity contribution is 5.99. The van der Waals surface area contributed by atoms with Crippen molar-refractivity contribution in [2.75, 3.05) is 37.7 Å². The molecule has 27 heavy (non-hydrogen) atoms. The summed E-state index contributed by atoms with van der Waals surface area (Å²) in [6, 6.07) is 7.03. The highest BCUT2D eigenvalue weighted by Gasteiger charge is 2.28. The van der Waals surface area contributed by atoms with Crippen molar-refractivity contribution in [3.05, 3.63) is 24.3 Å².